The Morgan fingerprint density at radius 3 is 2.48 bits per heavy atom. The Bertz CT molecular complexity index is 602. The van der Waals surface area contributed by atoms with Crippen LogP contribution in [0.1, 0.15) is 62.6 Å². The number of primary sulfonamides is 1. The van der Waals surface area contributed by atoms with Gasteiger partial charge in [0.1, 0.15) is 0 Å². The lowest BCUT2D eigenvalue weighted by Gasteiger charge is -2.30. The molecular weight excluding hydrogens is 316 g/mol. The Hall–Kier alpha value is -0.990. The van der Waals surface area contributed by atoms with Crippen LogP contribution in [-0.4, -0.2) is 42.3 Å². The summed E-state index contributed by atoms with van der Waals surface area (Å²) in [4.78, 5) is 6.83. The second kappa shape index (κ2) is 7.27. The molecule has 0 spiro atoms. The van der Waals surface area contributed by atoms with Crippen LogP contribution in [0.4, 0.5) is 0 Å². The van der Waals surface area contributed by atoms with Crippen LogP contribution in [-0.2, 0) is 16.6 Å². The van der Waals surface area contributed by atoms with Crippen LogP contribution in [0, 0.1) is 5.92 Å². The summed E-state index contributed by atoms with van der Waals surface area (Å²) in [5.74, 6) is 2.24. The van der Waals surface area contributed by atoms with E-state index in [1.807, 2.05) is 0 Å². The Balaban J connectivity index is 1.48. The summed E-state index contributed by atoms with van der Waals surface area (Å²) in [6.07, 6.45) is 7.82. The van der Waals surface area contributed by atoms with Crippen molar-refractivity contribution in [2.75, 3.05) is 18.8 Å². The molecule has 1 saturated heterocycles. The maximum Gasteiger partial charge on any atom is 0.229 e. The van der Waals surface area contributed by atoms with Gasteiger partial charge in [-0.25, -0.2) is 13.6 Å². The Morgan fingerprint density at radius 1 is 1.13 bits per heavy atom. The summed E-state index contributed by atoms with van der Waals surface area (Å²) in [5.41, 5.74) is 0. The summed E-state index contributed by atoms with van der Waals surface area (Å²) in [6.45, 7) is 2.39. The van der Waals surface area contributed by atoms with E-state index in [1.54, 1.807) is 0 Å². The predicted octanol–water partition coefficient (Wildman–Crippen LogP) is 1.62. The number of hydrogen-bond acceptors (Lipinski definition) is 6. The van der Waals surface area contributed by atoms with Gasteiger partial charge in [-0.3, -0.25) is 4.90 Å². The van der Waals surface area contributed by atoms with Crippen LogP contribution >= 0.6 is 0 Å². The highest BCUT2D eigenvalue weighted by atomic mass is 32.2. The summed E-state index contributed by atoms with van der Waals surface area (Å²) in [6, 6.07) is 0. The molecule has 0 amide bonds. The molecule has 0 radical (unpaired) electrons. The summed E-state index contributed by atoms with van der Waals surface area (Å²) in [5, 5.41) is 9.24. The van der Waals surface area contributed by atoms with Crippen LogP contribution in [0.15, 0.2) is 4.52 Å². The van der Waals surface area contributed by atoms with Gasteiger partial charge < -0.3 is 4.52 Å². The summed E-state index contributed by atoms with van der Waals surface area (Å²) >= 11 is 0. The zero-order valence-electron chi connectivity index (χ0n) is 13.5. The minimum absolute atomic E-state index is 0.0921. The van der Waals surface area contributed by atoms with Crippen molar-refractivity contribution in [2.45, 2.75) is 57.4 Å². The van der Waals surface area contributed by atoms with Crippen LogP contribution < -0.4 is 5.14 Å². The third kappa shape index (κ3) is 4.99. The fourth-order valence-corrected chi connectivity index (χ4v) is 4.68. The second-order valence-electron chi connectivity index (χ2n) is 6.93. The summed E-state index contributed by atoms with van der Waals surface area (Å²) in [7, 11) is -3.37. The standard InChI is InChI=1S/C15H26N4O3S/c16-23(20,21)11-12-6-8-19(9-7-12)10-14-17-15(22-18-14)13-4-2-1-3-5-13/h12-13H,1-11H2,(H2,16,20,21). The maximum atomic E-state index is 11.2. The fourth-order valence-electron chi connectivity index (χ4n) is 3.69. The number of nitrogens with two attached hydrogens (primary N) is 1. The topological polar surface area (TPSA) is 102 Å². The van der Waals surface area contributed by atoms with E-state index < -0.39 is 10.0 Å². The SMILES string of the molecule is NS(=O)(=O)CC1CCN(Cc2noc(C3CCCCC3)n2)CC1. The Morgan fingerprint density at radius 2 is 1.83 bits per heavy atom. The Labute approximate surface area is 137 Å². The predicted molar refractivity (Wildman–Crippen MR) is 86.1 cm³/mol. The molecule has 2 heterocycles. The first-order valence-electron chi connectivity index (χ1n) is 8.55. The van der Waals surface area contributed by atoms with Gasteiger partial charge in [0.2, 0.25) is 15.9 Å². The molecule has 0 bridgehead atoms. The minimum Gasteiger partial charge on any atom is -0.339 e. The van der Waals surface area contributed by atoms with E-state index in [0.717, 1.165) is 50.5 Å². The molecule has 1 aromatic heterocycles. The van der Waals surface area contributed by atoms with E-state index in [4.69, 9.17) is 9.66 Å². The van der Waals surface area contributed by atoms with Crippen LogP contribution in [0.25, 0.3) is 0 Å². The van der Waals surface area contributed by atoms with E-state index in [0.29, 0.717) is 12.5 Å². The van der Waals surface area contributed by atoms with Gasteiger partial charge in [-0.2, -0.15) is 4.98 Å². The third-order valence-electron chi connectivity index (χ3n) is 4.98. The Kier molecular flexibility index (Phi) is 5.33. The zero-order valence-corrected chi connectivity index (χ0v) is 14.3. The monoisotopic (exact) mass is 342 g/mol. The molecule has 1 aliphatic carbocycles. The number of nitrogens with zero attached hydrogens (tertiary/aromatic N) is 3. The number of likely N-dealkylation sites (tertiary alicyclic amines) is 1. The first-order chi connectivity index (χ1) is 11.0. The molecule has 7 nitrogen and oxygen atoms in total. The molecule has 2 N–H and O–H groups in total. The van der Waals surface area contributed by atoms with Gasteiger partial charge in [-0.1, -0.05) is 24.4 Å². The van der Waals surface area contributed by atoms with Gasteiger partial charge in [-0.05, 0) is 44.7 Å². The molecule has 2 aliphatic rings. The molecular formula is C15H26N4O3S. The molecule has 2 fully saturated rings. The van der Waals surface area contributed by atoms with Crippen LogP contribution in [0.2, 0.25) is 0 Å². The van der Waals surface area contributed by atoms with E-state index in [1.165, 1.54) is 19.3 Å². The van der Waals surface area contributed by atoms with Gasteiger partial charge in [-0.15, -0.1) is 0 Å². The molecule has 0 atom stereocenters. The molecule has 23 heavy (non-hydrogen) atoms. The molecule has 1 aromatic rings. The molecule has 3 rings (SSSR count). The van der Waals surface area contributed by atoms with Crippen molar-refractivity contribution in [1.82, 2.24) is 15.0 Å². The van der Waals surface area contributed by atoms with Crippen molar-refractivity contribution in [3.8, 4) is 0 Å². The zero-order chi connectivity index (χ0) is 16.3. The lowest BCUT2D eigenvalue weighted by molar-refractivity contribution is 0.180. The highest BCUT2D eigenvalue weighted by Gasteiger charge is 2.25. The number of sulfonamides is 1. The lowest BCUT2D eigenvalue weighted by atomic mass is 9.89. The molecule has 8 heteroatoms. The first kappa shape index (κ1) is 16.9. The maximum absolute atomic E-state index is 11.2. The number of hydrogen-bond donors (Lipinski definition) is 1. The van der Waals surface area contributed by atoms with Gasteiger partial charge in [0.05, 0.1) is 12.3 Å². The lowest BCUT2D eigenvalue weighted by Crippen LogP contribution is -2.36. The molecule has 130 valence electrons. The fraction of sp³-hybridized carbons (Fsp3) is 0.867. The van der Waals surface area contributed by atoms with E-state index in [2.05, 4.69) is 15.0 Å². The van der Waals surface area contributed by atoms with Crippen molar-refractivity contribution in [3.63, 3.8) is 0 Å². The number of piperidine rings is 1. The first-order valence-corrected chi connectivity index (χ1v) is 10.3. The third-order valence-corrected chi connectivity index (χ3v) is 5.91. The highest BCUT2D eigenvalue weighted by Crippen LogP contribution is 2.31. The van der Waals surface area contributed by atoms with E-state index in [-0.39, 0.29) is 11.7 Å². The normalized spacial score (nSPS) is 22.5. The largest absolute Gasteiger partial charge is 0.339 e. The van der Waals surface area contributed by atoms with Gasteiger partial charge >= 0.3 is 0 Å². The molecule has 1 aliphatic heterocycles. The van der Waals surface area contributed by atoms with Gasteiger partial charge in [0.25, 0.3) is 0 Å². The minimum atomic E-state index is -3.37. The van der Waals surface area contributed by atoms with Gasteiger partial charge in [0, 0.05) is 5.92 Å². The molecule has 0 unspecified atom stereocenters. The summed E-state index contributed by atoms with van der Waals surface area (Å²) < 4.78 is 27.8. The highest BCUT2D eigenvalue weighted by molar-refractivity contribution is 7.89. The number of rotatable bonds is 5. The van der Waals surface area contributed by atoms with Crippen molar-refractivity contribution < 1.29 is 12.9 Å². The van der Waals surface area contributed by atoms with Crippen molar-refractivity contribution >= 4 is 10.0 Å². The van der Waals surface area contributed by atoms with E-state index >= 15 is 0 Å². The van der Waals surface area contributed by atoms with Crippen molar-refractivity contribution in [3.05, 3.63) is 11.7 Å². The quantitative estimate of drug-likeness (QED) is 0.872. The number of aromatic nitrogens is 2. The van der Waals surface area contributed by atoms with Crippen LogP contribution in [0.5, 0.6) is 0 Å². The van der Waals surface area contributed by atoms with Crippen LogP contribution in [0.3, 0.4) is 0 Å². The van der Waals surface area contributed by atoms with E-state index in [9.17, 15) is 8.42 Å². The smallest absolute Gasteiger partial charge is 0.229 e. The molecule has 1 saturated carbocycles. The molecule has 0 aromatic carbocycles. The van der Waals surface area contributed by atoms with Crippen molar-refractivity contribution in [1.29, 1.82) is 0 Å². The average Bonchev–Trinajstić information content (AvgIpc) is 2.97. The van der Waals surface area contributed by atoms with Gasteiger partial charge in [0.15, 0.2) is 5.82 Å². The second-order valence-corrected chi connectivity index (χ2v) is 8.59. The average molecular weight is 342 g/mol. The van der Waals surface area contributed by atoms with Crippen molar-refractivity contribution in [2.24, 2.45) is 11.1 Å².